The van der Waals surface area contributed by atoms with E-state index in [0.717, 1.165) is 10.4 Å². The summed E-state index contributed by atoms with van der Waals surface area (Å²) in [6.45, 7) is 5.77. The fourth-order valence-corrected chi connectivity index (χ4v) is 2.64. The third-order valence-corrected chi connectivity index (χ3v) is 3.78. The van der Waals surface area contributed by atoms with E-state index in [0.29, 0.717) is 4.88 Å². The smallest absolute Gasteiger partial charge is 0.264 e. The number of aryl methyl sites for hydroxylation is 1. The van der Waals surface area contributed by atoms with E-state index in [4.69, 9.17) is 11.5 Å². The minimum Gasteiger partial charge on any atom is -0.368 e. The zero-order chi connectivity index (χ0) is 15.3. The highest BCUT2D eigenvalue weighted by molar-refractivity contribution is 7.14. The van der Waals surface area contributed by atoms with Gasteiger partial charge in [-0.2, -0.15) is 0 Å². The summed E-state index contributed by atoms with van der Waals surface area (Å²) in [7, 11) is 0. The van der Waals surface area contributed by atoms with Gasteiger partial charge in [0, 0.05) is 6.04 Å². The molecule has 0 bridgehead atoms. The molecule has 1 aromatic heterocycles. The summed E-state index contributed by atoms with van der Waals surface area (Å²) in [6, 6.07) is 1.68. The predicted molar refractivity (Wildman–Crippen MR) is 80.4 cm³/mol. The number of rotatable bonds is 4. The van der Waals surface area contributed by atoms with Crippen LogP contribution in [-0.2, 0) is 4.79 Å². The van der Waals surface area contributed by atoms with E-state index in [-0.39, 0.29) is 25.0 Å². The molecule has 0 fully saturated rings. The van der Waals surface area contributed by atoms with Crippen LogP contribution >= 0.6 is 11.3 Å². The first-order chi connectivity index (χ1) is 9.36. The second-order valence-corrected chi connectivity index (χ2v) is 5.67. The Balaban J connectivity index is 3.03. The van der Waals surface area contributed by atoms with Crippen LogP contribution in [0, 0.1) is 18.8 Å². The van der Waals surface area contributed by atoms with Crippen molar-refractivity contribution < 1.29 is 9.59 Å². The minimum absolute atomic E-state index is 0.0861. The average molecular weight is 293 g/mol. The van der Waals surface area contributed by atoms with Crippen molar-refractivity contribution in [3.05, 3.63) is 21.4 Å². The molecule has 0 saturated heterocycles. The second kappa shape index (κ2) is 7.08. The van der Waals surface area contributed by atoms with Crippen molar-refractivity contribution in [3.63, 3.8) is 0 Å². The van der Waals surface area contributed by atoms with Gasteiger partial charge in [-0.05, 0) is 32.4 Å². The fourth-order valence-electron chi connectivity index (χ4n) is 1.64. The molecule has 1 rings (SSSR count). The van der Waals surface area contributed by atoms with Crippen molar-refractivity contribution in [2.45, 2.75) is 26.8 Å². The molecule has 108 valence electrons. The van der Waals surface area contributed by atoms with E-state index in [1.165, 1.54) is 16.2 Å². The van der Waals surface area contributed by atoms with Crippen LogP contribution in [0.5, 0.6) is 0 Å². The maximum atomic E-state index is 12.4. The molecule has 0 aliphatic heterocycles. The van der Waals surface area contributed by atoms with Crippen molar-refractivity contribution >= 4 is 23.2 Å². The minimum atomic E-state index is -0.525. The molecular weight excluding hydrogens is 274 g/mol. The van der Waals surface area contributed by atoms with Crippen molar-refractivity contribution in [1.82, 2.24) is 4.90 Å². The molecule has 20 heavy (non-hydrogen) atoms. The molecule has 0 radical (unpaired) electrons. The van der Waals surface area contributed by atoms with E-state index in [1.807, 2.05) is 20.8 Å². The number of hydrogen-bond acceptors (Lipinski definition) is 4. The zero-order valence-corrected chi connectivity index (χ0v) is 12.7. The Morgan fingerprint density at radius 3 is 2.60 bits per heavy atom. The monoisotopic (exact) mass is 293 g/mol. The average Bonchev–Trinajstić information content (AvgIpc) is 2.73. The number of nitrogens with two attached hydrogens (primary N) is 2. The van der Waals surface area contributed by atoms with Gasteiger partial charge in [-0.15, -0.1) is 11.3 Å². The molecule has 2 amide bonds. The molecule has 5 nitrogen and oxygen atoms in total. The topological polar surface area (TPSA) is 89.4 Å². The van der Waals surface area contributed by atoms with Crippen LogP contribution < -0.4 is 11.5 Å². The third-order valence-electron chi connectivity index (χ3n) is 2.64. The highest BCUT2D eigenvalue weighted by Gasteiger charge is 2.22. The highest BCUT2D eigenvalue weighted by atomic mass is 32.1. The lowest BCUT2D eigenvalue weighted by atomic mass is 10.2. The molecule has 0 saturated carbocycles. The maximum absolute atomic E-state index is 12.4. The first-order valence-electron chi connectivity index (χ1n) is 6.25. The van der Waals surface area contributed by atoms with Gasteiger partial charge in [0.2, 0.25) is 5.91 Å². The van der Waals surface area contributed by atoms with Gasteiger partial charge in [-0.25, -0.2) is 0 Å². The highest BCUT2D eigenvalue weighted by Crippen LogP contribution is 2.23. The van der Waals surface area contributed by atoms with Crippen molar-refractivity contribution in [3.8, 4) is 11.8 Å². The molecule has 0 aliphatic rings. The summed E-state index contributed by atoms with van der Waals surface area (Å²) in [5, 5.41) is 0. The van der Waals surface area contributed by atoms with E-state index >= 15 is 0 Å². The number of carbonyl (C=O) groups is 2. The lowest BCUT2D eigenvalue weighted by Crippen LogP contribution is -2.42. The van der Waals surface area contributed by atoms with E-state index in [2.05, 4.69) is 11.8 Å². The molecule has 0 unspecified atom stereocenters. The van der Waals surface area contributed by atoms with Crippen LogP contribution in [0.2, 0.25) is 0 Å². The number of hydrogen-bond donors (Lipinski definition) is 2. The molecule has 6 heteroatoms. The van der Waals surface area contributed by atoms with Crippen LogP contribution in [0.25, 0.3) is 0 Å². The summed E-state index contributed by atoms with van der Waals surface area (Å²) in [6.07, 6.45) is 0. The summed E-state index contributed by atoms with van der Waals surface area (Å²) in [4.78, 5) is 26.3. The molecule has 4 N–H and O–H groups in total. The fraction of sp³-hybridized carbons (Fsp3) is 0.429. The molecule has 0 aliphatic carbocycles. The van der Waals surface area contributed by atoms with E-state index in [1.54, 1.807) is 6.07 Å². The normalized spacial score (nSPS) is 10.1. The summed E-state index contributed by atoms with van der Waals surface area (Å²) >= 11 is 1.31. The second-order valence-electron chi connectivity index (χ2n) is 4.62. The Hall–Kier alpha value is -1.84. The number of primary amides is 1. The molecule has 0 spiro atoms. The lowest BCUT2D eigenvalue weighted by molar-refractivity contribution is -0.119. The first kappa shape index (κ1) is 16.2. The van der Waals surface area contributed by atoms with Gasteiger partial charge in [0.15, 0.2) is 0 Å². The van der Waals surface area contributed by atoms with Gasteiger partial charge >= 0.3 is 0 Å². The number of thiophene rings is 1. The van der Waals surface area contributed by atoms with Crippen LogP contribution in [0.4, 0.5) is 0 Å². The first-order valence-corrected chi connectivity index (χ1v) is 7.07. The van der Waals surface area contributed by atoms with Crippen molar-refractivity contribution in [2.24, 2.45) is 11.5 Å². The molecular formula is C14H19N3O2S. The van der Waals surface area contributed by atoms with E-state index < -0.39 is 5.91 Å². The summed E-state index contributed by atoms with van der Waals surface area (Å²) in [5.74, 6) is 4.98. The predicted octanol–water partition coefficient (Wildman–Crippen LogP) is 0.703. The number of carbonyl (C=O) groups excluding carboxylic acids is 2. The summed E-state index contributed by atoms with van der Waals surface area (Å²) < 4.78 is 0. The van der Waals surface area contributed by atoms with Crippen LogP contribution in [0.3, 0.4) is 0 Å². The van der Waals surface area contributed by atoms with Gasteiger partial charge in [-0.1, -0.05) is 11.8 Å². The van der Waals surface area contributed by atoms with Crippen molar-refractivity contribution in [1.29, 1.82) is 0 Å². The Kier molecular flexibility index (Phi) is 5.74. The van der Waals surface area contributed by atoms with Crippen LogP contribution in [0.1, 0.15) is 34.0 Å². The van der Waals surface area contributed by atoms with Gasteiger partial charge in [0.25, 0.3) is 5.91 Å². The lowest BCUT2D eigenvalue weighted by Gasteiger charge is -2.24. The van der Waals surface area contributed by atoms with Crippen molar-refractivity contribution in [2.75, 3.05) is 13.1 Å². The Labute approximate surface area is 122 Å². The Bertz CT molecular complexity index is 567. The van der Waals surface area contributed by atoms with Crippen LogP contribution in [0.15, 0.2) is 6.07 Å². The third kappa shape index (κ3) is 4.08. The molecule has 0 atom stereocenters. The Morgan fingerprint density at radius 2 is 2.10 bits per heavy atom. The largest absolute Gasteiger partial charge is 0.368 e. The van der Waals surface area contributed by atoms with Gasteiger partial charge in [-0.3, -0.25) is 9.59 Å². The molecule has 1 aromatic rings. The van der Waals surface area contributed by atoms with E-state index in [9.17, 15) is 9.59 Å². The molecule has 0 aromatic carbocycles. The molecule has 1 heterocycles. The quantitative estimate of drug-likeness (QED) is 0.801. The van der Waals surface area contributed by atoms with Gasteiger partial charge < -0.3 is 16.4 Å². The standard InChI is InChI=1S/C14H19N3O2S/c1-9(2)17(8-13(16)18)14(19)12-7-10(3)11(20-12)5-4-6-15/h7,9H,6,8,15H2,1-3H3,(H2,16,18). The maximum Gasteiger partial charge on any atom is 0.264 e. The van der Waals surface area contributed by atoms with Gasteiger partial charge in [0.1, 0.15) is 0 Å². The summed E-state index contributed by atoms with van der Waals surface area (Å²) in [5.41, 5.74) is 11.5. The van der Waals surface area contributed by atoms with Crippen LogP contribution in [-0.4, -0.2) is 35.8 Å². The Morgan fingerprint density at radius 1 is 1.45 bits per heavy atom. The number of amides is 2. The zero-order valence-electron chi connectivity index (χ0n) is 11.9. The number of nitrogens with zero attached hydrogens (tertiary/aromatic N) is 1. The SMILES string of the molecule is Cc1cc(C(=O)N(CC(N)=O)C(C)C)sc1C#CCN. The van der Waals surface area contributed by atoms with Gasteiger partial charge in [0.05, 0.1) is 22.8 Å².